The number of likely N-dealkylation sites (tertiary alicyclic amines) is 1. The van der Waals surface area contributed by atoms with E-state index in [2.05, 4.69) is 10.3 Å². The van der Waals surface area contributed by atoms with Gasteiger partial charge in [0.2, 0.25) is 0 Å². The van der Waals surface area contributed by atoms with Crippen molar-refractivity contribution in [1.29, 1.82) is 0 Å². The molecule has 0 spiro atoms. The Morgan fingerprint density at radius 3 is 2.64 bits per heavy atom. The lowest BCUT2D eigenvalue weighted by molar-refractivity contribution is -0.141. The summed E-state index contributed by atoms with van der Waals surface area (Å²) in [7, 11) is 0. The van der Waals surface area contributed by atoms with Gasteiger partial charge < -0.3 is 9.84 Å². The van der Waals surface area contributed by atoms with E-state index in [9.17, 15) is 14.7 Å². The summed E-state index contributed by atoms with van der Waals surface area (Å²) in [5.74, 6) is -0.976. The van der Waals surface area contributed by atoms with Crippen molar-refractivity contribution in [3.8, 4) is 0 Å². The van der Waals surface area contributed by atoms with Crippen LogP contribution >= 0.6 is 0 Å². The summed E-state index contributed by atoms with van der Waals surface area (Å²) < 4.78 is 6.85. The van der Waals surface area contributed by atoms with E-state index in [4.69, 9.17) is 4.74 Å². The van der Waals surface area contributed by atoms with Crippen LogP contribution in [0.1, 0.15) is 57.0 Å². The highest BCUT2D eigenvalue weighted by Crippen LogP contribution is 2.32. The maximum Gasteiger partial charge on any atom is 0.410 e. The predicted molar refractivity (Wildman–Crippen MR) is 102 cm³/mol. The quantitative estimate of drug-likeness (QED) is 0.847. The number of aromatic nitrogens is 3. The van der Waals surface area contributed by atoms with Gasteiger partial charge in [0, 0.05) is 13.0 Å². The lowest BCUT2D eigenvalue weighted by Gasteiger charge is -2.27. The molecule has 0 unspecified atom stereocenters. The van der Waals surface area contributed by atoms with Gasteiger partial charge >= 0.3 is 12.1 Å². The average Bonchev–Trinajstić information content (AvgIpc) is 3.28. The summed E-state index contributed by atoms with van der Waals surface area (Å²) in [6.45, 7) is 6.06. The third-order valence-electron chi connectivity index (χ3n) is 4.63. The smallest absolute Gasteiger partial charge is 0.410 e. The van der Waals surface area contributed by atoms with Crippen LogP contribution in [0.3, 0.4) is 0 Å². The zero-order chi connectivity index (χ0) is 20.3. The first-order valence-corrected chi connectivity index (χ1v) is 9.42. The largest absolute Gasteiger partial charge is 0.480 e. The Morgan fingerprint density at radius 2 is 2.00 bits per heavy atom. The van der Waals surface area contributed by atoms with E-state index < -0.39 is 17.6 Å². The van der Waals surface area contributed by atoms with Gasteiger partial charge in [-0.2, -0.15) is 0 Å². The van der Waals surface area contributed by atoms with E-state index in [1.54, 1.807) is 11.1 Å². The molecule has 3 rings (SSSR count). The molecule has 1 fully saturated rings. The second-order valence-electron chi connectivity index (χ2n) is 8.00. The van der Waals surface area contributed by atoms with Gasteiger partial charge in [-0.05, 0) is 39.2 Å². The second kappa shape index (κ2) is 8.00. The van der Waals surface area contributed by atoms with E-state index in [1.165, 1.54) is 4.68 Å². The van der Waals surface area contributed by atoms with Crippen LogP contribution in [-0.2, 0) is 16.0 Å². The molecule has 8 heteroatoms. The molecule has 2 aromatic rings. The van der Waals surface area contributed by atoms with E-state index in [1.807, 2.05) is 51.1 Å². The van der Waals surface area contributed by atoms with Gasteiger partial charge in [0.05, 0.1) is 12.2 Å². The highest BCUT2D eigenvalue weighted by atomic mass is 16.6. The molecular formula is C20H26N4O4. The minimum atomic E-state index is -0.976. The fourth-order valence-corrected chi connectivity index (χ4v) is 3.34. The molecule has 1 aromatic heterocycles. The van der Waals surface area contributed by atoms with Crippen LogP contribution in [0.5, 0.6) is 0 Å². The first-order valence-electron chi connectivity index (χ1n) is 9.42. The van der Waals surface area contributed by atoms with Crippen molar-refractivity contribution in [3.63, 3.8) is 0 Å². The highest BCUT2D eigenvalue weighted by Gasteiger charge is 2.35. The van der Waals surface area contributed by atoms with Gasteiger partial charge in [0.25, 0.3) is 0 Å². The van der Waals surface area contributed by atoms with Crippen LogP contribution < -0.4 is 0 Å². The van der Waals surface area contributed by atoms with Crippen molar-refractivity contribution in [2.75, 3.05) is 6.54 Å². The molecule has 0 bridgehead atoms. The maximum absolute atomic E-state index is 12.5. The zero-order valence-electron chi connectivity index (χ0n) is 16.4. The van der Waals surface area contributed by atoms with Crippen molar-refractivity contribution in [2.24, 2.45) is 0 Å². The molecule has 1 aliphatic rings. The minimum Gasteiger partial charge on any atom is -0.480 e. The molecular weight excluding hydrogens is 360 g/mol. The molecule has 150 valence electrons. The molecule has 1 N–H and O–H groups in total. The van der Waals surface area contributed by atoms with Crippen molar-refractivity contribution in [2.45, 2.75) is 57.7 Å². The van der Waals surface area contributed by atoms with Crippen LogP contribution in [0.15, 0.2) is 36.5 Å². The number of nitrogens with zero attached hydrogens (tertiary/aromatic N) is 4. The standard InChI is InChI=1S/C20H26N4O4/c1-20(2,3)28-19(27)23-11-7-10-16(23)15-13-24(22-21-15)17(18(25)26)12-14-8-5-4-6-9-14/h4-6,8-9,13,16-17H,7,10-12H2,1-3H3,(H,25,26)/t16-,17+/m0/s1. The number of carboxylic acids is 1. The molecule has 8 nitrogen and oxygen atoms in total. The zero-order valence-corrected chi connectivity index (χ0v) is 16.4. The number of rotatable bonds is 5. The molecule has 2 atom stereocenters. The molecule has 28 heavy (non-hydrogen) atoms. The SMILES string of the molecule is CC(C)(C)OC(=O)N1CCC[C@H]1c1cn([C@H](Cc2ccccc2)C(=O)O)nn1. The van der Waals surface area contributed by atoms with Gasteiger partial charge in [-0.15, -0.1) is 5.10 Å². The van der Waals surface area contributed by atoms with Gasteiger partial charge in [0.15, 0.2) is 6.04 Å². The van der Waals surface area contributed by atoms with Crippen molar-refractivity contribution in [1.82, 2.24) is 19.9 Å². The molecule has 0 saturated carbocycles. The molecule has 1 saturated heterocycles. The van der Waals surface area contributed by atoms with Crippen LogP contribution in [0.2, 0.25) is 0 Å². The second-order valence-corrected chi connectivity index (χ2v) is 8.00. The summed E-state index contributed by atoms with van der Waals surface area (Å²) in [4.78, 5) is 25.9. The summed E-state index contributed by atoms with van der Waals surface area (Å²) in [5, 5.41) is 17.9. The Labute approximate surface area is 164 Å². The average molecular weight is 386 g/mol. The monoisotopic (exact) mass is 386 g/mol. The maximum atomic E-state index is 12.5. The van der Waals surface area contributed by atoms with E-state index in [-0.39, 0.29) is 12.1 Å². The molecule has 1 aliphatic heterocycles. The highest BCUT2D eigenvalue weighted by molar-refractivity contribution is 5.72. The summed E-state index contributed by atoms with van der Waals surface area (Å²) in [6, 6.07) is 8.29. The van der Waals surface area contributed by atoms with E-state index >= 15 is 0 Å². The number of amides is 1. The number of aliphatic carboxylic acids is 1. The van der Waals surface area contributed by atoms with Gasteiger partial charge in [0.1, 0.15) is 11.3 Å². The lowest BCUT2D eigenvalue weighted by Crippen LogP contribution is -2.36. The lowest BCUT2D eigenvalue weighted by atomic mass is 10.1. The Balaban J connectivity index is 1.77. The van der Waals surface area contributed by atoms with Crippen LogP contribution in [0.25, 0.3) is 0 Å². The number of ether oxygens (including phenoxy) is 1. The fraction of sp³-hybridized carbons (Fsp3) is 0.500. The van der Waals surface area contributed by atoms with Gasteiger partial charge in [-0.1, -0.05) is 35.5 Å². The fourth-order valence-electron chi connectivity index (χ4n) is 3.34. The molecule has 1 aromatic carbocycles. The number of carbonyl (C=O) groups is 2. The number of carbonyl (C=O) groups excluding carboxylic acids is 1. The van der Waals surface area contributed by atoms with Crippen LogP contribution in [-0.4, -0.2) is 49.2 Å². The predicted octanol–water partition coefficient (Wildman–Crippen LogP) is 3.22. The summed E-state index contributed by atoms with van der Waals surface area (Å²) >= 11 is 0. The third kappa shape index (κ3) is 4.68. The molecule has 2 heterocycles. The van der Waals surface area contributed by atoms with Gasteiger partial charge in [-0.25, -0.2) is 14.3 Å². The number of carboxylic acid groups (broad SMARTS) is 1. The van der Waals surface area contributed by atoms with Gasteiger partial charge in [-0.3, -0.25) is 4.90 Å². The Hall–Kier alpha value is -2.90. The number of hydrogen-bond acceptors (Lipinski definition) is 5. The normalized spacial score (nSPS) is 18.1. The van der Waals surface area contributed by atoms with Crippen LogP contribution in [0, 0.1) is 0 Å². The number of hydrogen-bond donors (Lipinski definition) is 1. The minimum absolute atomic E-state index is 0.255. The van der Waals surface area contributed by atoms with Crippen LogP contribution in [0.4, 0.5) is 4.79 Å². The topological polar surface area (TPSA) is 97.5 Å². The Kier molecular flexibility index (Phi) is 5.67. The molecule has 0 aliphatic carbocycles. The number of benzene rings is 1. The van der Waals surface area contributed by atoms with E-state index in [0.717, 1.165) is 18.4 Å². The summed E-state index contributed by atoms with van der Waals surface area (Å²) in [6.07, 6.45) is 3.13. The van der Waals surface area contributed by atoms with E-state index in [0.29, 0.717) is 18.7 Å². The van der Waals surface area contributed by atoms with Crippen molar-refractivity contribution in [3.05, 3.63) is 47.8 Å². The third-order valence-corrected chi connectivity index (χ3v) is 4.63. The first-order chi connectivity index (χ1) is 13.2. The van der Waals surface area contributed by atoms with Crippen molar-refractivity contribution < 1.29 is 19.4 Å². The molecule has 1 amide bonds. The Bertz CT molecular complexity index is 828. The van der Waals surface area contributed by atoms with Crippen molar-refractivity contribution >= 4 is 12.1 Å². The Morgan fingerprint density at radius 1 is 1.29 bits per heavy atom. The first kappa shape index (κ1) is 19.9. The molecule has 0 radical (unpaired) electrons. The summed E-state index contributed by atoms with van der Waals surface area (Å²) in [5.41, 5.74) is 0.914.